The smallest absolute Gasteiger partial charge is 0.409 e. The molecule has 0 unspecified atom stereocenters. The second-order valence-electron chi connectivity index (χ2n) is 4.48. The van der Waals surface area contributed by atoms with E-state index in [2.05, 4.69) is 23.2 Å². The number of hydrogen-bond acceptors (Lipinski definition) is 7. The molecule has 2 aromatic heterocycles. The van der Waals surface area contributed by atoms with Crippen molar-refractivity contribution in [2.24, 2.45) is 0 Å². The highest BCUT2D eigenvalue weighted by atomic mass is 32.1. The highest BCUT2D eigenvalue weighted by Gasteiger charge is 2.15. The van der Waals surface area contributed by atoms with Crippen LogP contribution in [0.25, 0.3) is 0 Å². The zero-order chi connectivity index (χ0) is 18.0. The van der Waals surface area contributed by atoms with Crippen molar-refractivity contribution in [3.05, 3.63) is 48.8 Å². The van der Waals surface area contributed by atoms with Crippen molar-refractivity contribution in [2.75, 3.05) is 0 Å². The summed E-state index contributed by atoms with van der Waals surface area (Å²) in [5, 5.41) is 21.3. The third-order valence-corrected chi connectivity index (χ3v) is 3.54. The van der Waals surface area contributed by atoms with Crippen molar-refractivity contribution in [2.45, 2.75) is 62.3 Å². The van der Waals surface area contributed by atoms with E-state index in [9.17, 15) is 20.2 Å². The Morgan fingerprint density at radius 3 is 1.84 bits per heavy atom. The molecule has 25 heavy (non-hydrogen) atoms. The van der Waals surface area contributed by atoms with Crippen LogP contribution in [0.1, 0.15) is 58.3 Å². The first-order valence-corrected chi connectivity index (χ1v) is 7.89. The van der Waals surface area contributed by atoms with E-state index in [1.54, 1.807) is 19.9 Å². The second kappa shape index (κ2) is 14.1. The van der Waals surface area contributed by atoms with Gasteiger partial charge in [0, 0.05) is 0 Å². The molecular weight excluding hydrogens is 346 g/mol. The molecule has 8 nitrogen and oxygen atoms in total. The summed E-state index contributed by atoms with van der Waals surface area (Å²) < 4.78 is 4.53. The van der Waals surface area contributed by atoms with Crippen LogP contribution in [0.3, 0.4) is 0 Å². The van der Waals surface area contributed by atoms with E-state index in [0.29, 0.717) is 11.3 Å². The lowest BCUT2D eigenvalue weighted by Crippen LogP contribution is -1.85. The predicted molar refractivity (Wildman–Crippen MR) is 102 cm³/mol. The summed E-state index contributed by atoms with van der Waals surface area (Å²) in [6.45, 7) is 9.47. The van der Waals surface area contributed by atoms with Gasteiger partial charge in [-0.05, 0) is 37.7 Å². The molecule has 0 radical (unpaired) electrons. The number of nitro groups is 2. The fourth-order valence-electron chi connectivity index (χ4n) is 1.32. The van der Waals surface area contributed by atoms with E-state index in [4.69, 9.17) is 0 Å². The Hall–Kier alpha value is -2.29. The first-order valence-electron chi connectivity index (χ1n) is 7.07. The van der Waals surface area contributed by atoms with Crippen LogP contribution in [0, 0.1) is 34.1 Å². The average Bonchev–Trinajstić information content (AvgIpc) is 3.06. The molecule has 0 bridgehead atoms. The summed E-state index contributed by atoms with van der Waals surface area (Å²) in [6.07, 6.45) is 3.31. The third kappa shape index (κ3) is 9.55. The summed E-state index contributed by atoms with van der Waals surface area (Å²) >= 11 is 1.16. The van der Waals surface area contributed by atoms with Crippen LogP contribution < -0.4 is 0 Å². The van der Waals surface area contributed by atoms with E-state index in [1.807, 2.05) is 6.92 Å². The van der Waals surface area contributed by atoms with Gasteiger partial charge in [0.1, 0.15) is 10.6 Å². The molecule has 0 atom stereocenters. The third-order valence-electron chi connectivity index (χ3n) is 2.29. The fourth-order valence-corrected chi connectivity index (χ4v) is 2.13. The predicted octanol–water partition coefficient (Wildman–Crippen LogP) is 6.11. The summed E-state index contributed by atoms with van der Waals surface area (Å²) in [5.74, 6) is -0.171. The monoisotopic (exact) mass is 375 g/mol. The molecule has 0 saturated heterocycles. The zero-order valence-electron chi connectivity index (χ0n) is 13.9. The summed E-state index contributed by atoms with van der Waals surface area (Å²) in [7, 11) is 0. The largest absolute Gasteiger partial charge is 0.435 e. The Labute approximate surface area is 153 Å². The van der Waals surface area contributed by atoms with Crippen LogP contribution in [0.2, 0.25) is 0 Å². The molecule has 0 aliphatic carbocycles. The molecule has 0 saturated carbocycles. The molecular formula is C16H29N3O5S. The van der Waals surface area contributed by atoms with Crippen molar-refractivity contribution >= 4 is 22.2 Å². The normalized spacial score (nSPS) is 8.52. The van der Waals surface area contributed by atoms with Gasteiger partial charge in [-0.1, -0.05) is 42.0 Å². The number of aryl methyl sites for hydroxylation is 3. The summed E-state index contributed by atoms with van der Waals surface area (Å²) in [5.41, 5.74) is 1.08. The topological polar surface area (TPSA) is 112 Å². The minimum absolute atomic E-state index is 0. The van der Waals surface area contributed by atoms with Gasteiger partial charge in [-0.3, -0.25) is 20.2 Å². The Bertz CT molecular complexity index is 638. The highest BCUT2D eigenvalue weighted by molar-refractivity contribution is 7.15. The minimum Gasteiger partial charge on any atom is -0.409 e. The van der Waals surface area contributed by atoms with Gasteiger partial charge in [-0.25, -0.2) is 4.98 Å². The number of rotatable bonds is 3. The molecule has 9 heteroatoms. The molecule has 0 N–H and O–H groups in total. The number of furan rings is 1. The zero-order valence-corrected chi connectivity index (χ0v) is 14.7. The van der Waals surface area contributed by atoms with Crippen molar-refractivity contribution in [3.63, 3.8) is 0 Å². The van der Waals surface area contributed by atoms with Crippen LogP contribution in [0.4, 0.5) is 10.9 Å². The second-order valence-corrected chi connectivity index (χ2v) is 5.54. The number of aromatic nitrogens is 1. The lowest BCUT2D eigenvalue weighted by Gasteiger charge is -1.81. The molecule has 0 amide bonds. The van der Waals surface area contributed by atoms with E-state index in [-0.39, 0.29) is 30.7 Å². The number of thiazole rings is 1. The maximum atomic E-state index is 10.3. The first-order chi connectivity index (χ1) is 10.8. The van der Waals surface area contributed by atoms with Crippen LogP contribution in [0.5, 0.6) is 0 Å². The molecule has 2 heterocycles. The quantitative estimate of drug-likeness (QED) is 0.472. The van der Waals surface area contributed by atoms with Gasteiger partial charge in [0.15, 0.2) is 0 Å². The molecule has 0 spiro atoms. The lowest BCUT2D eigenvalue weighted by molar-refractivity contribution is -0.402. The average molecular weight is 375 g/mol. The van der Waals surface area contributed by atoms with E-state index < -0.39 is 4.92 Å². The number of nitrogens with zero attached hydrogens (tertiary/aromatic N) is 3. The SMILES string of the molecule is C.C.CCC.CCc1nc(C)c([N+](=O)[O-])s1.Cc1ccoc1[N+](=O)[O-]. The molecule has 0 aromatic carbocycles. The summed E-state index contributed by atoms with van der Waals surface area (Å²) in [4.78, 5) is 23.4. The Morgan fingerprint density at radius 2 is 1.64 bits per heavy atom. The Kier molecular flexibility index (Phi) is 15.5. The van der Waals surface area contributed by atoms with E-state index in [1.165, 1.54) is 12.7 Å². The lowest BCUT2D eigenvalue weighted by atomic mass is 10.4. The molecule has 2 aromatic rings. The maximum Gasteiger partial charge on any atom is 0.435 e. The molecule has 0 aliphatic heterocycles. The fraction of sp³-hybridized carbons (Fsp3) is 0.562. The van der Waals surface area contributed by atoms with Crippen LogP contribution in [0.15, 0.2) is 16.7 Å². The van der Waals surface area contributed by atoms with Crippen molar-refractivity contribution in [3.8, 4) is 0 Å². The number of hydrogen-bond donors (Lipinski definition) is 0. The Balaban J connectivity index is -0.000000317. The first kappa shape index (κ1) is 27.6. The van der Waals surface area contributed by atoms with Gasteiger partial charge >= 0.3 is 10.9 Å². The molecule has 144 valence electrons. The van der Waals surface area contributed by atoms with E-state index >= 15 is 0 Å². The van der Waals surface area contributed by atoms with Gasteiger partial charge in [-0.2, -0.15) is 0 Å². The summed E-state index contributed by atoms with van der Waals surface area (Å²) in [6, 6.07) is 1.55. The molecule has 0 fully saturated rings. The van der Waals surface area contributed by atoms with Gasteiger partial charge in [0.25, 0.3) is 0 Å². The van der Waals surface area contributed by atoms with Gasteiger partial charge in [0.2, 0.25) is 0 Å². The maximum absolute atomic E-state index is 10.3. The van der Waals surface area contributed by atoms with Crippen molar-refractivity contribution in [1.29, 1.82) is 0 Å². The van der Waals surface area contributed by atoms with Gasteiger partial charge in [-0.15, -0.1) is 0 Å². The Morgan fingerprint density at radius 1 is 1.12 bits per heavy atom. The van der Waals surface area contributed by atoms with Crippen LogP contribution in [-0.4, -0.2) is 14.8 Å². The standard InChI is InChI=1S/C6H8N2O2S.C5H5NO3.C3H8.2CH4/c1-3-5-7-4(2)6(11-5)8(9)10;1-4-2-3-9-5(4)6(7)8;1-3-2;;/h3H2,1-2H3;2-3H,1H3;3H2,1-2H3;2*1H4. The van der Waals surface area contributed by atoms with Gasteiger partial charge < -0.3 is 4.42 Å². The molecule has 2 rings (SSSR count). The molecule has 0 aliphatic rings. The minimum atomic E-state index is -0.546. The van der Waals surface area contributed by atoms with Crippen LogP contribution in [-0.2, 0) is 6.42 Å². The van der Waals surface area contributed by atoms with Crippen molar-refractivity contribution in [1.82, 2.24) is 4.98 Å². The van der Waals surface area contributed by atoms with Gasteiger partial charge in [0.05, 0.1) is 21.8 Å². The van der Waals surface area contributed by atoms with Crippen LogP contribution >= 0.6 is 11.3 Å². The highest BCUT2D eigenvalue weighted by Crippen LogP contribution is 2.25. The van der Waals surface area contributed by atoms with E-state index in [0.717, 1.165) is 22.8 Å². The van der Waals surface area contributed by atoms with Crippen molar-refractivity contribution < 1.29 is 14.3 Å².